The summed E-state index contributed by atoms with van der Waals surface area (Å²) in [7, 11) is 0. The van der Waals surface area contributed by atoms with Crippen molar-refractivity contribution in [3.05, 3.63) is 89.8 Å². The summed E-state index contributed by atoms with van der Waals surface area (Å²) in [6, 6.07) is 18.3. The van der Waals surface area contributed by atoms with Gasteiger partial charge in [-0.1, -0.05) is 22.7 Å². The van der Waals surface area contributed by atoms with Crippen molar-refractivity contribution < 1.29 is 8.78 Å². The zero-order valence-corrected chi connectivity index (χ0v) is 15.8. The predicted molar refractivity (Wildman–Crippen MR) is 107 cm³/mol. The van der Waals surface area contributed by atoms with Crippen LogP contribution in [0, 0.1) is 11.6 Å². The minimum atomic E-state index is -0.336. The number of nitrogens with zero attached hydrogens (tertiary/aromatic N) is 5. The highest BCUT2D eigenvalue weighted by Gasteiger charge is 2.16. The number of hydrogen-bond acceptors (Lipinski definition) is 5. The van der Waals surface area contributed by atoms with Crippen LogP contribution in [0.1, 0.15) is 11.4 Å². The third-order valence-corrected chi connectivity index (χ3v) is 5.24. The lowest BCUT2D eigenvalue weighted by Crippen LogP contribution is -2.00. The smallest absolute Gasteiger partial charge is 0.163 e. The van der Waals surface area contributed by atoms with Crippen LogP contribution in [-0.4, -0.2) is 24.4 Å². The molecule has 2 heterocycles. The Morgan fingerprint density at radius 1 is 0.931 bits per heavy atom. The van der Waals surface area contributed by atoms with Gasteiger partial charge in [-0.2, -0.15) is 5.10 Å². The average molecular weight is 405 g/mol. The maximum atomic E-state index is 14.1. The topological polar surface area (TPSA) is 56.5 Å². The zero-order chi connectivity index (χ0) is 19.8. The Bertz CT molecular complexity index is 1310. The van der Waals surface area contributed by atoms with Crippen molar-refractivity contribution >= 4 is 21.7 Å². The summed E-state index contributed by atoms with van der Waals surface area (Å²) in [5.41, 5.74) is 2.72. The van der Waals surface area contributed by atoms with E-state index in [0.29, 0.717) is 22.9 Å². The molecular weight excluding hydrogens is 392 g/mol. The van der Waals surface area contributed by atoms with Crippen LogP contribution in [0.25, 0.3) is 27.3 Å². The first-order chi connectivity index (χ1) is 14.2. The molecule has 0 fully saturated rings. The molecule has 142 valence electrons. The van der Waals surface area contributed by atoms with E-state index in [1.54, 1.807) is 35.0 Å². The monoisotopic (exact) mass is 405 g/mol. The molecule has 0 N–H and O–H groups in total. The van der Waals surface area contributed by atoms with Crippen LogP contribution in [0.5, 0.6) is 0 Å². The van der Waals surface area contributed by atoms with E-state index in [0.717, 1.165) is 15.8 Å². The Balaban J connectivity index is 1.64. The van der Waals surface area contributed by atoms with Crippen molar-refractivity contribution in [1.82, 2.24) is 24.4 Å². The molecule has 3 aromatic carbocycles. The molecule has 0 aliphatic rings. The third kappa shape index (κ3) is 3.38. The molecule has 0 saturated carbocycles. The minimum Gasteiger partial charge on any atom is -0.213 e. The molecule has 8 heteroatoms. The SMILES string of the molecule is Fc1ccc(-n2nc(Cc3ccccc3F)nc2-c2ccc3snnc3c2)cc1. The van der Waals surface area contributed by atoms with Crippen molar-refractivity contribution in [1.29, 1.82) is 0 Å². The van der Waals surface area contributed by atoms with Gasteiger partial charge in [0.2, 0.25) is 0 Å². The van der Waals surface area contributed by atoms with Gasteiger partial charge in [0.05, 0.1) is 10.4 Å². The van der Waals surface area contributed by atoms with E-state index in [4.69, 9.17) is 0 Å². The van der Waals surface area contributed by atoms with Crippen LogP contribution in [0.4, 0.5) is 8.78 Å². The summed E-state index contributed by atoms with van der Waals surface area (Å²) < 4.78 is 34.1. The third-order valence-electron chi connectivity index (χ3n) is 4.53. The first-order valence-corrected chi connectivity index (χ1v) is 9.62. The molecule has 5 rings (SSSR count). The number of rotatable bonds is 4. The quantitative estimate of drug-likeness (QED) is 0.431. The van der Waals surface area contributed by atoms with Crippen molar-refractivity contribution in [2.24, 2.45) is 0 Å². The predicted octanol–water partition coefficient (Wildman–Crippen LogP) is 4.81. The summed E-state index contributed by atoms with van der Waals surface area (Å²) in [6.07, 6.45) is 0.244. The number of benzene rings is 3. The Morgan fingerprint density at radius 2 is 1.76 bits per heavy atom. The fraction of sp³-hybridized carbons (Fsp3) is 0.0476. The number of halogens is 2. The summed E-state index contributed by atoms with van der Waals surface area (Å²) in [5, 5.41) is 8.69. The van der Waals surface area contributed by atoms with Crippen molar-refractivity contribution in [2.75, 3.05) is 0 Å². The van der Waals surface area contributed by atoms with Crippen molar-refractivity contribution in [3.8, 4) is 17.1 Å². The van der Waals surface area contributed by atoms with E-state index >= 15 is 0 Å². The second kappa shape index (κ2) is 7.14. The maximum absolute atomic E-state index is 14.1. The van der Waals surface area contributed by atoms with Gasteiger partial charge in [-0.05, 0) is 65.6 Å². The van der Waals surface area contributed by atoms with E-state index in [1.807, 2.05) is 18.2 Å². The minimum absolute atomic E-state index is 0.244. The molecule has 29 heavy (non-hydrogen) atoms. The highest BCUT2D eigenvalue weighted by atomic mass is 32.1. The van der Waals surface area contributed by atoms with Gasteiger partial charge in [0, 0.05) is 12.0 Å². The van der Waals surface area contributed by atoms with Crippen molar-refractivity contribution in [3.63, 3.8) is 0 Å². The van der Waals surface area contributed by atoms with Gasteiger partial charge >= 0.3 is 0 Å². The molecule has 0 radical (unpaired) electrons. The Hall–Kier alpha value is -3.52. The fourth-order valence-corrected chi connectivity index (χ4v) is 3.65. The van der Waals surface area contributed by atoms with Gasteiger partial charge in [0.25, 0.3) is 0 Å². The molecule has 0 amide bonds. The van der Waals surface area contributed by atoms with Gasteiger partial charge in [0.15, 0.2) is 11.6 Å². The Labute approximate surface area is 168 Å². The number of fused-ring (bicyclic) bond motifs is 1. The molecule has 5 aromatic rings. The fourth-order valence-electron chi connectivity index (χ4n) is 3.11. The standard InChI is InChI=1S/C21H13F2N5S/c22-15-6-8-16(9-7-15)28-21(14-5-10-19-18(11-14)25-27-29-19)24-20(26-28)12-13-3-1-2-4-17(13)23/h1-11H,12H2. The summed E-state index contributed by atoms with van der Waals surface area (Å²) in [5.74, 6) is 0.392. The summed E-state index contributed by atoms with van der Waals surface area (Å²) >= 11 is 1.31. The molecule has 2 aromatic heterocycles. The molecule has 0 saturated heterocycles. The van der Waals surface area contributed by atoms with Crippen LogP contribution < -0.4 is 0 Å². The normalized spacial score (nSPS) is 11.2. The van der Waals surface area contributed by atoms with Crippen LogP contribution in [0.15, 0.2) is 66.7 Å². The molecule has 5 nitrogen and oxygen atoms in total. The van der Waals surface area contributed by atoms with E-state index in [1.165, 1.54) is 29.7 Å². The number of aromatic nitrogens is 5. The van der Waals surface area contributed by atoms with E-state index in [2.05, 4.69) is 19.7 Å². The Morgan fingerprint density at radius 3 is 2.59 bits per heavy atom. The van der Waals surface area contributed by atoms with Crippen LogP contribution >= 0.6 is 11.5 Å². The van der Waals surface area contributed by atoms with Crippen LogP contribution in [0.2, 0.25) is 0 Å². The lowest BCUT2D eigenvalue weighted by atomic mass is 10.1. The average Bonchev–Trinajstić information content (AvgIpc) is 3.37. The summed E-state index contributed by atoms with van der Waals surface area (Å²) in [6.45, 7) is 0. The first kappa shape index (κ1) is 17.6. The van der Waals surface area contributed by atoms with Gasteiger partial charge in [-0.25, -0.2) is 18.4 Å². The largest absolute Gasteiger partial charge is 0.213 e. The van der Waals surface area contributed by atoms with Gasteiger partial charge in [-0.3, -0.25) is 0 Å². The Kier molecular flexibility index (Phi) is 4.33. The van der Waals surface area contributed by atoms with E-state index < -0.39 is 0 Å². The molecular formula is C21H13F2N5S. The van der Waals surface area contributed by atoms with Crippen LogP contribution in [-0.2, 0) is 6.42 Å². The maximum Gasteiger partial charge on any atom is 0.163 e. The zero-order valence-electron chi connectivity index (χ0n) is 15.0. The van der Waals surface area contributed by atoms with Crippen molar-refractivity contribution in [2.45, 2.75) is 6.42 Å². The second-order valence-electron chi connectivity index (χ2n) is 6.46. The van der Waals surface area contributed by atoms with Gasteiger partial charge in [0.1, 0.15) is 17.2 Å². The lowest BCUT2D eigenvalue weighted by molar-refractivity contribution is 0.612. The summed E-state index contributed by atoms with van der Waals surface area (Å²) in [4.78, 5) is 4.65. The molecule has 0 unspecified atom stereocenters. The van der Waals surface area contributed by atoms with Gasteiger partial charge < -0.3 is 0 Å². The molecule has 0 atom stereocenters. The first-order valence-electron chi connectivity index (χ1n) is 8.85. The molecule has 0 spiro atoms. The highest BCUT2D eigenvalue weighted by Crippen LogP contribution is 2.26. The van der Waals surface area contributed by atoms with E-state index in [-0.39, 0.29) is 18.1 Å². The highest BCUT2D eigenvalue weighted by molar-refractivity contribution is 7.12. The van der Waals surface area contributed by atoms with E-state index in [9.17, 15) is 8.78 Å². The van der Waals surface area contributed by atoms with Crippen LogP contribution in [0.3, 0.4) is 0 Å². The number of hydrogen-bond donors (Lipinski definition) is 0. The van der Waals surface area contributed by atoms with Gasteiger partial charge in [-0.15, -0.1) is 5.10 Å². The molecule has 0 bridgehead atoms. The molecule has 0 aliphatic heterocycles. The lowest BCUT2D eigenvalue weighted by Gasteiger charge is -2.06. The molecule has 0 aliphatic carbocycles. The second-order valence-corrected chi connectivity index (χ2v) is 7.25.